The van der Waals surface area contributed by atoms with Gasteiger partial charge in [0.15, 0.2) is 0 Å². The van der Waals surface area contributed by atoms with Gasteiger partial charge in [0.05, 0.1) is 0 Å². The third-order valence-electron chi connectivity index (χ3n) is 0.668. The Kier molecular flexibility index (Phi) is 2.55. The Bertz CT molecular complexity index is 176. The predicted octanol–water partition coefficient (Wildman–Crippen LogP) is 1.39. The number of hydrogen-bond acceptors (Lipinski definition) is 1. The van der Waals surface area contributed by atoms with Crippen molar-refractivity contribution in [2.24, 2.45) is 0 Å². The molecule has 9 heavy (non-hydrogen) atoms. The molecule has 5 heteroatoms. The zero-order valence-corrected chi connectivity index (χ0v) is 6.02. The van der Waals surface area contributed by atoms with Gasteiger partial charge in [-0.3, -0.25) is 4.57 Å². The van der Waals surface area contributed by atoms with E-state index >= 15 is 0 Å². The lowest BCUT2D eigenvalue weighted by atomic mass is 10.4. The van der Waals surface area contributed by atoms with Crippen LogP contribution in [0.2, 0.25) is 0 Å². The summed E-state index contributed by atoms with van der Waals surface area (Å²) in [6.07, 6.45) is 0. The van der Waals surface area contributed by atoms with Crippen LogP contribution in [0.1, 0.15) is 13.8 Å². The lowest BCUT2D eigenvalue weighted by molar-refractivity contribution is 0.367. The van der Waals surface area contributed by atoms with E-state index in [0.29, 0.717) is 0 Å². The van der Waals surface area contributed by atoms with Gasteiger partial charge in [0.1, 0.15) is 0 Å². The molecule has 0 aromatic heterocycles. The van der Waals surface area contributed by atoms with Crippen LogP contribution in [0.25, 0.3) is 0 Å². The maximum absolute atomic E-state index is 12.1. The molecular formula is C4H8FO3P. The lowest BCUT2D eigenvalue weighted by Crippen LogP contribution is -1.80. The molecule has 0 bridgehead atoms. The second-order valence-corrected chi connectivity index (χ2v) is 3.32. The molecule has 0 fully saturated rings. The van der Waals surface area contributed by atoms with Crippen LogP contribution in [0.15, 0.2) is 11.1 Å². The fourth-order valence-corrected chi connectivity index (χ4v) is 0.874. The molecule has 0 aromatic carbocycles. The average molecular weight is 154 g/mol. The summed E-state index contributed by atoms with van der Waals surface area (Å²) in [5.41, 5.74) is -1.31. The third-order valence-corrected chi connectivity index (χ3v) is 1.63. The summed E-state index contributed by atoms with van der Waals surface area (Å²) in [7, 11) is -4.60. The van der Waals surface area contributed by atoms with Gasteiger partial charge in [-0.15, -0.1) is 0 Å². The third kappa shape index (κ3) is 2.75. The molecule has 2 N–H and O–H groups in total. The Labute approximate surface area is 52.4 Å². The molecule has 54 valence electrons. The maximum atomic E-state index is 12.1. The topological polar surface area (TPSA) is 57.5 Å². The summed E-state index contributed by atoms with van der Waals surface area (Å²) in [5, 5.41) is 0. The van der Waals surface area contributed by atoms with Crippen LogP contribution in [0.3, 0.4) is 0 Å². The number of halogens is 1. The van der Waals surface area contributed by atoms with Gasteiger partial charge in [0.2, 0.25) is 5.57 Å². The molecule has 0 heterocycles. The van der Waals surface area contributed by atoms with E-state index in [9.17, 15) is 8.96 Å². The summed E-state index contributed by atoms with van der Waals surface area (Å²) in [6.45, 7) is 2.60. The Morgan fingerprint density at radius 3 is 1.78 bits per heavy atom. The van der Waals surface area contributed by atoms with E-state index in [4.69, 9.17) is 9.79 Å². The Morgan fingerprint density at radius 2 is 1.78 bits per heavy atom. The molecule has 3 nitrogen and oxygen atoms in total. The average Bonchev–Trinajstić information content (AvgIpc) is 1.62. The molecule has 0 atom stereocenters. The summed E-state index contributed by atoms with van der Waals surface area (Å²) in [6, 6.07) is 0. The molecule has 0 saturated carbocycles. The number of allylic oxidation sites excluding steroid dienone is 1. The van der Waals surface area contributed by atoms with E-state index < -0.39 is 13.2 Å². The second-order valence-electron chi connectivity index (χ2n) is 1.83. The molecular weight excluding hydrogens is 146 g/mol. The molecule has 0 rings (SSSR count). The highest BCUT2D eigenvalue weighted by Crippen LogP contribution is 2.47. The summed E-state index contributed by atoms with van der Waals surface area (Å²) >= 11 is 0. The molecule has 0 aliphatic carbocycles. The van der Waals surface area contributed by atoms with Crippen molar-refractivity contribution in [3.8, 4) is 0 Å². The maximum Gasteiger partial charge on any atom is 0.384 e. The van der Waals surface area contributed by atoms with Gasteiger partial charge in [-0.1, -0.05) is 0 Å². The van der Waals surface area contributed by atoms with E-state index in [1.54, 1.807) is 0 Å². The molecule has 0 radical (unpaired) electrons. The first-order valence-corrected chi connectivity index (χ1v) is 3.86. The summed E-state index contributed by atoms with van der Waals surface area (Å²) in [4.78, 5) is 16.3. The second kappa shape index (κ2) is 2.60. The largest absolute Gasteiger partial charge is 0.384 e. The van der Waals surface area contributed by atoms with Crippen LogP contribution >= 0.6 is 7.60 Å². The van der Waals surface area contributed by atoms with Crippen molar-refractivity contribution in [3.05, 3.63) is 11.1 Å². The lowest BCUT2D eigenvalue weighted by Gasteiger charge is -1.99. The summed E-state index contributed by atoms with van der Waals surface area (Å²) < 4.78 is 22.2. The van der Waals surface area contributed by atoms with Crippen molar-refractivity contribution in [1.82, 2.24) is 0 Å². The van der Waals surface area contributed by atoms with Gasteiger partial charge >= 0.3 is 7.60 Å². The van der Waals surface area contributed by atoms with Gasteiger partial charge in [0.25, 0.3) is 0 Å². The van der Waals surface area contributed by atoms with Crippen LogP contribution in [-0.4, -0.2) is 9.79 Å². The Balaban J connectivity index is 4.62. The first-order chi connectivity index (χ1) is 3.85. The Hall–Kier alpha value is -0.180. The van der Waals surface area contributed by atoms with E-state index in [0.717, 1.165) is 0 Å². The van der Waals surface area contributed by atoms with Crippen LogP contribution in [0.5, 0.6) is 0 Å². The van der Waals surface area contributed by atoms with Gasteiger partial charge in [-0.2, -0.15) is 4.39 Å². The van der Waals surface area contributed by atoms with Crippen molar-refractivity contribution in [1.29, 1.82) is 0 Å². The normalized spacial score (nSPS) is 11.2. The van der Waals surface area contributed by atoms with Gasteiger partial charge in [0, 0.05) is 0 Å². The quantitative estimate of drug-likeness (QED) is 0.561. The monoisotopic (exact) mass is 154 g/mol. The minimum atomic E-state index is -4.60. The number of rotatable bonds is 1. The minimum absolute atomic E-state index is 0.0170. The smallest absolute Gasteiger partial charge is 0.319 e. The standard InChI is InChI=1S/C4H8FO3P/c1-3(2)4(5)9(6,7)8/h1-2H3,(H2,6,7,8). The van der Waals surface area contributed by atoms with Crippen LogP contribution < -0.4 is 0 Å². The fraction of sp³-hybridized carbons (Fsp3) is 0.500. The molecule has 0 aliphatic rings. The molecule has 0 unspecified atom stereocenters. The molecule has 0 spiro atoms. The van der Waals surface area contributed by atoms with Crippen molar-refractivity contribution >= 4 is 7.60 Å². The van der Waals surface area contributed by atoms with E-state index in [1.807, 2.05) is 0 Å². The van der Waals surface area contributed by atoms with Gasteiger partial charge < -0.3 is 9.79 Å². The predicted molar refractivity (Wildman–Crippen MR) is 31.5 cm³/mol. The number of hydrogen-bond donors (Lipinski definition) is 2. The van der Waals surface area contributed by atoms with Crippen molar-refractivity contribution < 1.29 is 18.7 Å². The fourth-order valence-electron chi connectivity index (χ4n) is 0.291. The Morgan fingerprint density at radius 1 is 1.44 bits per heavy atom. The molecule has 0 saturated heterocycles. The highest BCUT2D eigenvalue weighted by atomic mass is 31.2. The SMILES string of the molecule is CC(C)=C(F)P(=O)(O)O. The minimum Gasteiger partial charge on any atom is -0.319 e. The highest BCUT2D eigenvalue weighted by Gasteiger charge is 2.21. The van der Waals surface area contributed by atoms with Crippen molar-refractivity contribution in [3.63, 3.8) is 0 Å². The van der Waals surface area contributed by atoms with Crippen LogP contribution in [-0.2, 0) is 4.57 Å². The van der Waals surface area contributed by atoms with Gasteiger partial charge in [-0.25, -0.2) is 0 Å². The highest BCUT2D eigenvalue weighted by molar-refractivity contribution is 7.56. The summed E-state index contributed by atoms with van der Waals surface area (Å²) in [5.74, 6) is 0. The molecule has 0 aliphatic heterocycles. The van der Waals surface area contributed by atoms with Crippen LogP contribution in [0, 0.1) is 0 Å². The van der Waals surface area contributed by atoms with Crippen molar-refractivity contribution in [2.75, 3.05) is 0 Å². The zero-order valence-electron chi connectivity index (χ0n) is 5.13. The molecule has 0 amide bonds. The first-order valence-electron chi connectivity index (χ1n) is 2.25. The van der Waals surface area contributed by atoms with Crippen LogP contribution in [0.4, 0.5) is 4.39 Å². The zero-order chi connectivity index (χ0) is 7.65. The van der Waals surface area contributed by atoms with E-state index in [2.05, 4.69) is 0 Å². The van der Waals surface area contributed by atoms with E-state index in [1.165, 1.54) is 13.8 Å². The van der Waals surface area contributed by atoms with Gasteiger partial charge in [-0.05, 0) is 19.4 Å². The first kappa shape index (κ1) is 8.82. The molecule has 0 aromatic rings. The van der Waals surface area contributed by atoms with E-state index in [-0.39, 0.29) is 5.57 Å². The van der Waals surface area contributed by atoms with Crippen molar-refractivity contribution in [2.45, 2.75) is 13.8 Å².